The van der Waals surface area contributed by atoms with E-state index in [0.717, 1.165) is 43.2 Å². The molecule has 7 nitrogen and oxygen atoms in total. The van der Waals surface area contributed by atoms with Crippen LogP contribution in [0.25, 0.3) is 0 Å². The minimum atomic E-state index is 0.488. The van der Waals surface area contributed by atoms with Gasteiger partial charge in [0.05, 0.1) is 35.0 Å². The van der Waals surface area contributed by atoms with Crippen molar-refractivity contribution in [3.05, 3.63) is 47.5 Å². The van der Waals surface area contributed by atoms with Crippen LogP contribution < -0.4 is 29.6 Å². The van der Waals surface area contributed by atoms with Crippen LogP contribution in [0.4, 0.5) is 0 Å². The van der Waals surface area contributed by atoms with Crippen LogP contribution in [-0.2, 0) is 13.0 Å². The summed E-state index contributed by atoms with van der Waals surface area (Å²) >= 11 is 0. The molecule has 7 heteroatoms. The monoisotopic (exact) mass is 415 g/mol. The Kier molecular flexibility index (Phi) is 9.64. The molecule has 0 aromatic heterocycles. The zero-order valence-electron chi connectivity index (χ0n) is 18.6. The molecule has 2 aromatic carbocycles. The Labute approximate surface area is 179 Å². The Hall–Kier alpha value is -3.09. The number of aliphatic imine (C=N–C) groups is 1. The number of guanidine groups is 1. The molecule has 0 aliphatic carbocycles. The van der Waals surface area contributed by atoms with Crippen LogP contribution in [0.5, 0.6) is 23.0 Å². The molecule has 0 spiro atoms. The molecule has 2 rings (SSSR count). The first-order chi connectivity index (χ1) is 14.6. The molecule has 0 saturated carbocycles. The van der Waals surface area contributed by atoms with Gasteiger partial charge in [-0.1, -0.05) is 12.1 Å². The summed E-state index contributed by atoms with van der Waals surface area (Å²) in [6, 6.07) is 12.0. The van der Waals surface area contributed by atoms with Crippen LogP contribution in [-0.4, -0.2) is 47.5 Å². The van der Waals surface area contributed by atoms with E-state index >= 15 is 0 Å². The molecule has 0 fully saturated rings. The molecule has 0 aliphatic heterocycles. The Morgan fingerprint density at radius 1 is 0.867 bits per heavy atom. The van der Waals surface area contributed by atoms with Crippen molar-refractivity contribution in [2.75, 3.05) is 41.5 Å². The van der Waals surface area contributed by atoms with Gasteiger partial charge < -0.3 is 29.6 Å². The van der Waals surface area contributed by atoms with Gasteiger partial charge in [0, 0.05) is 13.1 Å². The van der Waals surface area contributed by atoms with E-state index in [-0.39, 0.29) is 0 Å². The highest BCUT2D eigenvalue weighted by atomic mass is 16.5. The number of hydrogen-bond donors (Lipinski definition) is 2. The molecule has 0 aliphatic rings. The predicted molar refractivity (Wildman–Crippen MR) is 120 cm³/mol. The number of benzene rings is 2. The van der Waals surface area contributed by atoms with Gasteiger partial charge in [0.2, 0.25) is 5.75 Å². The smallest absolute Gasteiger partial charge is 0.203 e. The fourth-order valence-corrected chi connectivity index (χ4v) is 3.07. The molecule has 2 aromatic rings. The standard InChI is InChI=1S/C23H33N3O4/c1-6-24-23(25-12-8-10-17-9-7-11-19(13-17)27-2)26-16-18-14-20(28-3)22(30-5)21(15-18)29-4/h7,9,11,13-15H,6,8,10,12,16H2,1-5H3,(H2,24,25,26). The summed E-state index contributed by atoms with van der Waals surface area (Å²) in [6.45, 7) is 4.14. The number of ether oxygens (including phenoxy) is 4. The van der Waals surface area contributed by atoms with Crippen molar-refractivity contribution in [2.24, 2.45) is 4.99 Å². The highest BCUT2D eigenvalue weighted by Gasteiger charge is 2.13. The van der Waals surface area contributed by atoms with Gasteiger partial charge >= 0.3 is 0 Å². The van der Waals surface area contributed by atoms with Crippen molar-refractivity contribution in [3.8, 4) is 23.0 Å². The van der Waals surface area contributed by atoms with Crippen molar-refractivity contribution in [1.82, 2.24) is 10.6 Å². The third-order valence-corrected chi connectivity index (χ3v) is 4.56. The van der Waals surface area contributed by atoms with Crippen LogP contribution >= 0.6 is 0 Å². The summed E-state index contributed by atoms with van der Waals surface area (Å²) in [5.74, 6) is 3.49. The van der Waals surface area contributed by atoms with Crippen LogP contribution in [0.1, 0.15) is 24.5 Å². The summed E-state index contributed by atoms with van der Waals surface area (Å²) in [4.78, 5) is 4.68. The van der Waals surface area contributed by atoms with Crippen molar-refractivity contribution < 1.29 is 18.9 Å². The fourth-order valence-electron chi connectivity index (χ4n) is 3.07. The van der Waals surface area contributed by atoms with Gasteiger partial charge in [0.25, 0.3) is 0 Å². The van der Waals surface area contributed by atoms with E-state index in [1.165, 1.54) is 5.56 Å². The second-order valence-corrected chi connectivity index (χ2v) is 6.61. The van der Waals surface area contributed by atoms with Crippen LogP contribution in [0.15, 0.2) is 41.4 Å². The Morgan fingerprint density at radius 3 is 2.20 bits per heavy atom. The Morgan fingerprint density at radius 2 is 1.60 bits per heavy atom. The number of rotatable bonds is 11. The first kappa shape index (κ1) is 23.2. The molecular formula is C23H33N3O4. The number of hydrogen-bond acceptors (Lipinski definition) is 5. The predicted octanol–water partition coefficient (Wildman–Crippen LogP) is 3.41. The van der Waals surface area contributed by atoms with Gasteiger partial charge in [-0.15, -0.1) is 0 Å². The van der Waals surface area contributed by atoms with E-state index in [9.17, 15) is 0 Å². The van der Waals surface area contributed by atoms with E-state index in [1.807, 2.05) is 31.2 Å². The van der Waals surface area contributed by atoms with E-state index in [4.69, 9.17) is 18.9 Å². The van der Waals surface area contributed by atoms with Crippen molar-refractivity contribution in [2.45, 2.75) is 26.3 Å². The van der Waals surface area contributed by atoms with Gasteiger partial charge in [0.15, 0.2) is 17.5 Å². The van der Waals surface area contributed by atoms with Gasteiger partial charge in [-0.3, -0.25) is 0 Å². The van der Waals surface area contributed by atoms with E-state index in [2.05, 4.69) is 27.8 Å². The lowest BCUT2D eigenvalue weighted by Gasteiger charge is -2.14. The molecule has 0 saturated heterocycles. The zero-order chi connectivity index (χ0) is 21.8. The van der Waals surface area contributed by atoms with Gasteiger partial charge in [-0.05, 0) is 55.2 Å². The minimum Gasteiger partial charge on any atom is -0.497 e. The van der Waals surface area contributed by atoms with Crippen molar-refractivity contribution in [1.29, 1.82) is 0 Å². The van der Waals surface area contributed by atoms with Gasteiger partial charge in [-0.2, -0.15) is 0 Å². The van der Waals surface area contributed by atoms with Crippen molar-refractivity contribution >= 4 is 5.96 Å². The Balaban J connectivity index is 1.96. The average molecular weight is 416 g/mol. The first-order valence-corrected chi connectivity index (χ1v) is 10.1. The maximum atomic E-state index is 5.42. The average Bonchev–Trinajstić information content (AvgIpc) is 2.79. The lowest BCUT2D eigenvalue weighted by molar-refractivity contribution is 0.324. The van der Waals surface area contributed by atoms with Crippen LogP contribution in [0, 0.1) is 0 Å². The van der Waals surface area contributed by atoms with Gasteiger partial charge in [0.1, 0.15) is 5.75 Å². The molecular weight excluding hydrogens is 382 g/mol. The molecule has 0 atom stereocenters. The summed E-state index contributed by atoms with van der Waals surface area (Å²) in [5, 5.41) is 6.67. The largest absolute Gasteiger partial charge is 0.497 e. The van der Waals surface area contributed by atoms with E-state index in [1.54, 1.807) is 28.4 Å². The highest BCUT2D eigenvalue weighted by molar-refractivity contribution is 5.79. The third kappa shape index (κ3) is 6.76. The van der Waals surface area contributed by atoms with Gasteiger partial charge in [-0.25, -0.2) is 4.99 Å². The second kappa shape index (κ2) is 12.5. The van der Waals surface area contributed by atoms with Crippen LogP contribution in [0.2, 0.25) is 0 Å². The molecule has 164 valence electrons. The number of methoxy groups -OCH3 is 4. The number of nitrogens with one attached hydrogen (secondary N) is 2. The quantitative estimate of drug-likeness (QED) is 0.333. The normalized spacial score (nSPS) is 11.0. The minimum absolute atomic E-state index is 0.488. The number of aryl methyl sites for hydroxylation is 1. The summed E-state index contributed by atoms with van der Waals surface area (Å²) < 4.78 is 21.5. The SMILES string of the molecule is CCNC(=NCc1cc(OC)c(OC)c(OC)c1)NCCCc1cccc(OC)c1. The molecule has 0 amide bonds. The molecule has 0 bridgehead atoms. The van der Waals surface area contributed by atoms with Crippen LogP contribution in [0.3, 0.4) is 0 Å². The fraction of sp³-hybridized carbons (Fsp3) is 0.435. The molecule has 0 heterocycles. The third-order valence-electron chi connectivity index (χ3n) is 4.56. The maximum absolute atomic E-state index is 5.42. The second-order valence-electron chi connectivity index (χ2n) is 6.61. The molecule has 2 N–H and O–H groups in total. The molecule has 0 radical (unpaired) electrons. The summed E-state index contributed by atoms with van der Waals surface area (Å²) in [7, 11) is 6.50. The topological polar surface area (TPSA) is 73.3 Å². The molecule has 0 unspecified atom stereocenters. The lowest BCUT2D eigenvalue weighted by atomic mass is 10.1. The lowest BCUT2D eigenvalue weighted by Crippen LogP contribution is -2.37. The molecule has 30 heavy (non-hydrogen) atoms. The number of nitrogens with zero attached hydrogens (tertiary/aromatic N) is 1. The zero-order valence-corrected chi connectivity index (χ0v) is 18.6. The van der Waals surface area contributed by atoms with E-state index < -0.39 is 0 Å². The van der Waals surface area contributed by atoms with E-state index in [0.29, 0.717) is 23.8 Å². The Bertz CT molecular complexity index is 799. The highest BCUT2D eigenvalue weighted by Crippen LogP contribution is 2.38. The van der Waals surface area contributed by atoms with Crippen molar-refractivity contribution in [3.63, 3.8) is 0 Å². The first-order valence-electron chi connectivity index (χ1n) is 10.1. The maximum Gasteiger partial charge on any atom is 0.203 e. The summed E-state index contributed by atoms with van der Waals surface area (Å²) in [6.07, 6.45) is 1.96. The summed E-state index contributed by atoms with van der Waals surface area (Å²) in [5.41, 5.74) is 2.23.